The lowest BCUT2D eigenvalue weighted by atomic mass is 10.2. The van der Waals surface area contributed by atoms with Gasteiger partial charge in [-0.1, -0.05) is 18.2 Å². The highest BCUT2D eigenvalue weighted by atomic mass is 32.2. The molecule has 0 saturated heterocycles. The molecule has 0 aliphatic rings. The molecule has 0 atom stereocenters. The topological polar surface area (TPSA) is 109 Å². The van der Waals surface area contributed by atoms with Crippen LogP contribution in [-0.4, -0.2) is 36.3 Å². The lowest BCUT2D eigenvalue weighted by Crippen LogP contribution is -2.29. The number of nitrogens with one attached hydrogen (secondary N) is 1. The number of aliphatic hydroxyl groups excluding tert-OH is 1. The molecule has 9 heteroatoms. The third-order valence-corrected chi connectivity index (χ3v) is 4.21. The van der Waals surface area contributed by atoms with E-state index in [1.807, 2.05) is 24.3 Å². The van der Waals surface area contributed by atoms with E-state index in [1.165, 1.54) is 31.2 Å². The van der Waals surface area contributed by atoms with Gasteiger partial charge in [0.1, 0.15) is 0 Å². The number of benzene rings is 2. The Labute approximate surface area is 155 Å². The van der Waals surface area contributed by atoms with E-state index in [0.29, 0.717) is 17.7 Å². The molecule has 0 amide bonds. The molecular formula is C17H22FN5O2S. The minimum Gasteiger partial charge on any atom is -0.494 e. The SMILES string of the molecule is COc1ccc(CN(N)/N=C(\N)c2ccc(SNCCO)cc2)cc1F. The summed E-state index contributed by atoms with van der Waals surface area (Å²) in [6, 6.07) is 12.0. The normalized spacial score (nSPS) is 11.5. The predicted octanol–water partition coefficient (Wildman–Crippen LogP) is 1.42. The molecule has 0 heterocycles. The van der Waals surface area contributed by atoms with E-state index in [9.17, 15) is 4.39 Å². The van der Waals surface area contributed by atoms with Gasteiger partial charge in [0.25, 0.3) is 0 Å². The van der Waals surface area contributed by atoms with Crippen molar-refractivity contribution in [3.63, 3.8) is 0 Å². The number of rotatable bonds is 9. The highest BCUT2D eigenvalue weighted by Crippen LogP contribution is 2.18. The number of ether oxygens (including phenoxy) is 1. The molecule has 0 saturated carbocycles. The molecule has 0 fully saturated rings. The molecular weight excluding hydrogens is 357 g/mol. The van der Waals surface area contributed by atoms with Crippen LogP contribution in [0.1, 0.15) is 11.1 Å². The van der Waals surface area contributed by atoms with Gasteiger partial charge in [0.15, 0.2) is 17.4 Å². The zero-order valence-corrected chi connectivity index (χ0v) is 15.2. The van der Waals surface area contributed by atoms with E-state index >= 15 is 0 Å². The van der Waals surface area contributed by atoms with Gasteiger partial charge >= 0.3 is 0 Å². The molecule has 0 aromatic heterocycles. The molecule has 0 aliphatic heterocycles. The van der Waals surface area contributed by atoms with E-state index in [4.69, 9.17) is 21.4 Å². The Bertz CT molecular complexity index is 742. The molecule has 2 rings (SSSR count). The van der Waals surface area contributed by atoms with Crippen molar-refractivity contribution >= 4 is 17.8 Å². The summed E-state index contributed by atoms with van der Waals surface area (Å²) in [4.78, 5) is 0.980. The largest absolute Gasteiger partial charge is 0.494 e. The highest BCUT2D eigenvalue weighted by Gasteiger charge is 2.07. The number of methoxy groups -OCH3 is 1. The molecule has 2 aromatic carbocycles. The van der Waals surface area contributed by atoms with Crippen LogP contribution < -0.4 is 21.0 Å². The van der Waals surface area contributed by atoms with Gasteiger partial charge in [-0.15, -0.1) is 5.10 Å². The monoisotopic (exact) mass is 379 g/mol. The lowest BCUT2D eigenvalue weighted by molar-refractivity contribution is 0.289. The Hall–Kier alpha value is -2.33. The molecule has 0 radical (unpaired) electrons. The third kappa shape index (κ3) is 5.88. The lowest BCUT2D eigenvalue weighted by Gasteiger charge is -2.14. The van der Waals surface area contributed by atoms with Crippen molar-refractivity contribution in [2.45, 2.75) is 11.4 Å². The minimum atomic E-state index is -0.460. The summed E-state index contributed by atoms with van der Waals surface area (Å²) in [5.74, 6) is 5.81. The van der Waals surface area contributed by atoms with E-state index in [2.05, 4.69) is 9.82 Å². The fraction of sp³-hybridized carbons (Fsp3) is 0.235. The first kappa shape index (κ1) is 20.0. The zero-order valence-electron chi connectivity index (χ0n) is 14.4. The van der Waals surface area contributed by atoms with Crippen LogP contribution in [-0.2, 0) is 6.54 Å². The molecule has 0 bridgehead atoms. The molecule has 0 aliphatic carbocycles. The summed E-state index contributed by atoms with van der Waals surface area (Å²) in [5.41, 5.74) is 7.33. The molecule has 2 aromatic rings. The summed E-state index contributed by atoms with van der Waals surface area (Å²) in [7, 11) is 1.41. The number of nitrogens with zero attached hydrogens (tertiary/aromatic N) is 2. The van der Waals surface area contributed by atoms with Gasteiger partial charge in [-0.25, -0.2) is 15.4 Å². The number of amidine groups is 1. The van der Waals surface area contributed by atoms with Crippen molar-refractivity contribution in [2.75, 3.05) is 20.3 Å². The maximum absolute atomic E-state index is 13.7. The fourth-order valence-corrected chi connectivity index (χ4v) is 2.73. The van der Waals surface area contributed by atoms with Crippen molar-refractivity contribution in [3.8, 4) is 5.75 Å². The second-order valence-corrected chi connectivity index (χ2v) is 6.26. The van der Waals surface area contributed by atoms with Crippen LogP contribution in [0.4, 0.5) is 4.39 Å². The third-order valence-electron chi connectivity index (χ3n) is 3.35. The quantitative estimate of drug-likeness (QED) is 0.130. The van der Waals surface area contributed by atoms with Gasteiger partial charge in [0.2, 0.25) is 0 Å². The summed E-state index contributed by atoms with van der Waals surface area (Å²) in [6.45, 7) is 0.778. The zero-order chi connectivity index (χ0) is 18.9. The van der Waals surface area contributed by atoms with Crippen molar-refractivity contribution in [2.24, 2.45) is 16.7 Å². The number of hydrazine groups is 1. The van der Waals surface area contributed by atoms with E-state index < -0.39 is 5.82 Å². The molecule has 7 nitrogen and oxygen atoms in total. The van der Waals surface area contributed by atoms with Gasteiger partial charge in [0, 0.05) is 17.0 Å². The highest BCUT2D eigenvalue weighted by molar-refractivity contribution is 7.97. The Morgan fingerprint density at radius 3 is 2.65 bits per heavy atom. The average Bonchev–Trinajstić information content (AvgIpc) is 2.62. The Morgan fingerprint density at radius 2 is 2.04 bits per heavy atom. The van der Waals surface area contributed by atoms with Gasteiger partial charge in [0.05, 0.1) is 20.3 Å². The Kier molecular flexibility index (Phi) is 7.67. The maximum atomic E-state index is 13.7. The van der Waals surface area contributed by atoms with Crippen LogP contribution in [0.15, 0.2) is 52.5 Å². The summed E-state index contributed by atoms with van der Waals surface area (Å²) < 4.78 is 21.6. The Morgan fingerprint density at radius 1 is 1.31 bits per heavy atom. The van der Waals surface area contributed by atoms with E-state index in [-0.39, 0.29) is 24.7 Å². The second-order valence-electron chi connectivity index (χ2n) is 5.30. The first-order valence-electron chi connectivity index (χ1n) is 7.83. The minimum absolute atomic E-state index is 0.0785. The molecule has 26 heavy (non-hydrogen) atoms. The summed E-state index contributed by atoms with van der Waals surface area (Å²) in [5, 5.41) is 14.0. The van der Waals surface area contributed by atoms with Crippen molar-refractivity contribution < 1.29 is 14.2 Å². The number of halogens is 1. The van der Waals surface area contributed by atoms with Crippen LogP contribution in [0.3, 0.4) is 0 Å². The van der Waals surface area contributed by atoms with Crippen molar-refractivity contribution in [3.05, 3.63) is 59.4 Å². The summed E-state index contributed by atoms with van der Waals surface area (Å²) in [6.07, 6.45) is 0. The van der Waals surface area contributed by atoms with Crippen molar-refractivity contribution in [1.29, 1.82) is 0 Å². The molecule has 0 unspecified atom stereocenters. The van der Waals surface area contributed by atoms with Crippen LogP contribution in [0, 0.1) is 5.82 Å². The first-order valence-corrected chi connectivity index (χ1v) is 8.65. The number of hydrogen-bond acceptors (Lipinski definition) is 7. The Balaban J connectivity index is 1.98. The van der Waals surface area contributed by atoms with E-state index in [0.717, 1.165) is 10.0 Å². The van der Waals surface area contributed by atoms with Gasteiger partial charge in [-0.05, 0) is 41.8 Å². The van der Waals surface area contributed by atoms with Crippen LogP contribution in [0.25, 0.3) is 0 Å². The van der Waals surface area contributed by atoms with Gasteiger partial charge in [-0.3, -0.25) is 4.72 Å². The second kappa shape index (κ2) is 9.97. The maximum Gasteiger partial charge on any atom is 0.165 e. The number of nitrogens with two attached hydrogens (primary N) is 2. The number of hydrazone groups is 1. The molecule has 6 N–H and O–H groups in total. The molecule has 140 valence electrons. The van der Waals surface area contributed by atoms with Crippen LogP contribution in [0.2, 0.25) is 0 Å². The first-order chi connectivity index (χ1) is 12.5. The summed E-state index contributed by atoms with van der Waals surface area (Å²) >= 11 is 1.41. The molecule has 0 spiro atoms. The number of aliphatic hydroxyl groups is 1. The fourth-order valence-electron chi connectivity index (χ4n) is 2.10. The van der Waals surface area contributed by atoms with Crippen molar-refractivity contribution in [1.82, 2.24) is 9.84 Å². The van der Waals surface area contributed by atoms with Crippen LogP contribution >= 0.6 is 11.9 Å². The standard InChI is InChI=1S/C17H22FN5O2S/c1-25-16-7-2-12(10-15(16)18)11-23(20)22-17(19)13-3-5-14(6-4-13)26-21-8-9-24/h2-7,10,21,24H,8-9,11,20H2,1H3,(H2,19,22). The van der Waals surface area contributed by atoms with Crippen LogP contribution in [0.5, 0.6) is 5.75 Å². The average molecular weight is 379 g/mol. The van der Waals surface area contributed by atoms with E-state index in [1.54, 1.807) is 6.07 Å². The van der Waals surface area contributed by atoms with Gasteiger partial charge < -0.3 is 15.6 Å². The predicted molar refractivity (Wildman–Crippen MR) is 101 cm³/mol. The van der Waals surface area contributed by atoms with Gasteiger partial charge in [-0.2, -0.15) is 0 Å². The number of hydrogen-bond donors (Lipinski definition) is 4. The smallest absolute Gasteiger partial charge is 0.165 e.